The van der Waals surface area contributed by atoms with Gasteiger partial charge < -0.3 is 24.8 Å². The number of fused-ring (bicyclic) bond motifs is 2. The van der Waals surface area contributed by atoms with Gasteiger partial charge in [0.05, 0.1) is 25.4 Å². The molecular weight excluding hydrogens is 626 g/mol. The molecule has 12 nitrogen and oxygen atoms in total. The van der Waals surface area contributed by atoms with Gasteiger partial charge in [-0.3, -0.25) is 24.7 Å². The van der Waals surface area contributed by atoms with Crippen molar-refractivity contribution in [3.8, 4) is 0 Å². The molecule has 3 aromatic carbocycles. The number of carbonyl (C=O) groups excluding carboxylic acids is 3. The zero-order valence-corrected chi connectivity index (χ0v) is 26.4. The van der Waals surface area contributed by atoms with E-state index >= 15 is 0 Å². The first-order valence-electron chi connectivity index (χ1n) is 15.5. The number of nitrogens with one attached hydrogen (secondary N) is 2. The Morgan fingerprint density at radius 2 is 1.77 bits per heavy atom. The number of halogens is 1. The summed E-state index contributed by atoms with van der Waals surface area (Å²) in [6.07, 6.45) is -1.07. The molecule has 3 aliphatic rings. The number of hydrogen-bond donors (Lipinski definition) is 3. The molecule has 1 spiro atoms. The van der Waals surface area contributed by atoms with Crippen LogP contribution in [0.25, 0.3) is 0 Å². The van der Waals surface area contributed by atoms with Gasteiger partial charge in [0.15, 0.2) is 5.60 Å². The lowest BCUT2D eigenvalue weighted by molar-refractivity contribution is -0.133. The maximum atomic E-state index is 14.1. The number of nitrogens with zero attached hydrogens (tertiary/aromatic N) is 3. The van der Waals surface area contributed by atoms with Crippen LogP contribution in [0, 0.1) is 0 Å². The summed E-state index contributed by atoms with van der Waals surface area (Å²) in [5.41, 5.74) is 1.81. The van der Waals surface area contributed by atoms with E-state index in [0.29, 0.717) is 54.7 Å². The van der Waals surface area contributed by atoms with Crippen LogP contribution in [-0.2, 0) is 26.3 Å². The summed E-state index contributed by atoms with van der Waals surface area (Å²) in [5, 5.41) is 15.9. The molecule has 0 aromatic heterocycles. The number of morpholine rings is 1. The Kier molecular flexibility index (Phi) is 9.62. The molecule has 2 saturated heterocycles. The first-order valence-corrected chi connectivity index (χ1v) is 15.9. The molecule has 0 saturated carbocycles. The van der Waals surface area contributed by atoms with Gasteiger partial charge in [0.2, 0.25) is 5.91 Å². The smallest absolute Gasteiger partial charge is 0.412 e. The second-order valence-electron chi connectivity index (χ2n) is 11.9. The summed E-state index contributed by atoms with van der Waals surface area (Å²) in [5.74, 6) is -0.783. The highest BCUT2D eigenvalue weighted by molar-refractivity contribution is 6.30. The maximum absolute atomic E-state index is 14.1. The summed E-state index contributed by atoms with van der Waals surface area (Å²) in [7, 11) is 0. The van der Waals surface area contributed by atoms with Crippen molar-refractivity contribution in [1.82, 2.24) is 15.1 Å². The predicted octanol–water partition coefficient (Wildman–Crippen LogP) is 4.19. The molecule has 3 aromatic rings. The predicted molar refractivity (Wildman–Crippen MR) is 175 cm³/mol. The van der Waals surface area contributed by atoms with Crippen molar-refractivity contribution in [2.45, 2.75) is 24.5 Å². The Bertz CT molecular complexity index is 1630. The van der Waals surface area contributed by atoms with Gasteiger partial charge in [-0.2, -0.15) is 0 Å². The zero-order valence-electron chi connectivity index (χ0n) is 25.7. The topological polar surface area (TPSA) is 141 Å². The summed E-state index contributed by atoms with van der Waals surface area (Å²) in [4.78, 5) is 57.1. The van der Waals surface area contributed by atoms with E-state index < -0.39 is 29.7 Å². The molecular formula is C34H36ClN5O7. The third-order valence-corrected chi connectivity index (χ3v) is 9.08. The van der Waals surface area contributed by atoms with E-state index in [-0.39, 0.29) is 31.0 Å². The lowest BCUT2D eigenvalue weighted by atomic mass is 9.90. The van der Waals surface area contributed by atoms with Crippen LogP contribution in [-0.4, -0.2) is 97.4 Å². The molecule has 4 amide bonds. The fraction of sp³-hybridized carbons (Fsp3) is 0.353. The minimum Gasteiger partial charge on any atom is -0.465 e. The van der Waals surface area contributed by atoms with E-state index in [2.05, 4.69) is 15.5 Å². The SMILES string of the molecule is O=C1Nc2ccc(Cl)cc2C2(CCN(C(=O)[C@H](Cc3ccccc3)NC(=O)c3ccc(N(CCN4CCOCC4)C(=O)O)cc3)C2)O1. The van der Waals surface area contributed by atoms with Crippen LogP contribution in [0.2, 0.25) is 5.02 Å². The van der Waals surface area contributed by atoms with Gasteiger partial charge in [0, 0.05) is 67.4 Å². The van der Waals surface area contributed by atoms with Gasteiger partial charge in [-0.05, 0) is 48.0 Å². The van der Waals surface area contributed by atoms with Crippen molar-refractivity contribution in [3.05, 3.63) is 94.5 Å². The molecule has 3 heterocycles. The number of carboxylic acid groups (broad SMARTS) is 1. The van der Waals surface area contributed by atoms with E-state index in [1.165, 1.54) is 4.90 Å². The molecule has 2 fully saturated rings. The Balaban J connectivity index is 1.17. The largest absolute Gasteiger partial charge is 0.465 e. The lowest BCUT2D eigenvalue weighted by Crippen LogP contribution is -2.50. The van der Waals surface area contributed by atoms with Gasteiger partial charge in [0.1, 0.15) is 6.04 Å². The van der Waals surface area contributed by atoms with Crippen molar-refractivity contribution in [1.29, 1.82) is 0 Å². The van der Waals surface area contributed by atoms with Gasteiger partial charge in [-0.15, -0.1) is 0 Å². The first-order chi connectivity index (χ1) is 22.7. The normalized spacial score (nSPS) is 19.8. The van der Waals surface area contributed by atoms with Crippen LogP contribution in [0.4, 0.5) is 21.0 Å². The molecule has 6 rings (SSSR count). The fourth-order valence-electron chi connectivity index (χ4n) is 6.35. The van der Waals surface area contributed by atoms with Crippen LogP contribution in [0.1, 0.15) is 27.9 Å². The van der Waals surface area contributed by atoms with Crippen LogP contribution in [0.3, 0.4) is 0 Å². The summed E-state index contributed by atoms with van der Waals surface area (Å²) in [6.45, 7) is 3.99. The van der Waals surface area contributed by atoms with E-state index in [1.807, 2.05) is 30.3 Å². The maximum Gasteiger partial charge on any atom is 0.412 e. The number of likely N-dealkylation sites (tertiary alicyclic amines) is 1. The molecule has 3 aliphatic heterocycles. The van der Waals surface area contributed by atoms with Gasteiger partial charge >= 0.3 is 12.2 Å². The second kappa shape index (κ2) is 14.0. The van der Waals surface area contributed by atoms with Crippen molar-refractivity contribution in [2.24, 2.45) is 0 Å². The number of carbonyl (C=O) groups is 4. The Hall–Kier alpha value is -4.65. The standard InChI is InChI=1S/C34H36ClN5O7/c35-25-8-11-28-27(21-25)34(47-32(43)37-28)12-13-39(22-34)31(42)29(20-23-4-2-1-3-5-23)36-30(41)24-6-9-26(10-7-24)40(33(44)45)15-14-38-16-18-46-19-17-38/h1-11,21,29H,12-20,22H2,(H,36,41)(H,37,43)(H,44,45)/t29-,34?/m0/s1. The summed E-state index contributed by atoms with van der Waals surface area (Å²) >= 11 is 6.29. The second-order valence-corrected chi connectivity index (χ2v) is 12.3. The van der Waals surface area contributed by atoms with Gasteiger partial charge in [0.25, 0.3) is 5.91 Å². The number of anilines is 2. The molecule has 1 unspecified atom stereocenters. The molecule has 3 N–H and O–H groups in total. The molecule has 13 heteroatoms. The minimum absolute atomic E-state index is 0.109. The van der Waals surface area contributed by atoms with Crippen molar-refractivity contribution in [2.75, 3.05) is 62.7 Å². The van der Waals surface area contributed by atoms with E-state index in [9.17, 15) is 24.3 Å². The number of rotatable bonds is 9. The highest BCUT2D eigenvalue weighted by Crippen LogP contribution is 2.44. The van der Waals surface area contributed by atoms with Crippen LogP contribution < -0.4 is 15.5 Å². The number of amides is 4. The van der Waals surface area contributed by atoms with Crippen LogP contribution >= 0.6 is 11.6 Å². The van der Waals surface area contributed by atoms with Gasteiger partial charge in [-0.1, -0.05) is 41.9 Å². The third kappa shape index (κ3) is 7.35. The fourth-order valence-corrected chi connectivity index (χ4v) is 6.52. The van der Waals surface area contributed by atoms with Crippen molar-refractivity contribution < 1.29 is 33.8 Å². The van der Waals surface area contributed by atoms with E-state index in [0.717, 1.165) is 18.7 Å². The zero-order chi connectivity index (χ0) is 33.0. The average Bonchev–Trinajstić information content (AvgIpc) is 3.49. The van der Waals surface area contributed by atoms with Crippen LogP contribution in [0.5, 0.6) is 0 Å². The quantitative estimate of drug-likeness (QED) is 0.310. The lowest BCUT2D eigenvalue weighted by Gasteiger charge is -2.35. The minimum atomic E-state index is -1.09. The Morgan fingerprint density at radius 3 is 2.49 bits per heavy atom. The number of ether oxygens (including phenoxy) is 2. The average molecular weight is 662 g/mol. The third-order valence-electron chi connectivity index (χ3n) is 8.84. The van der Waals surface area contributed by atoms with Crippen molar-refractivity contribution >= 4 is 47.0 Å². The highest BCUT2D eigenvalue weighted by Gasteiger charge is 2.49. The Labute approximate surface area is 277 Å². The van der Waals surface area contributed by atoms with E-state index in [4.69, 9.17) is 21.1 Å². The molecule has 0 radical (unpaired) electrons. The van der Waals surface area contributed by atoms with Crippen molar-refractivity contribution in [3.63, 3.8) is 0 Å². The monoisotopic (exact) mass is 661 g/mol. The number of hydrogen-bond acceptors (Lipinski definition) is 7. The molecule has 2 atom stereocenters. The van der Waals surface area contributed by atoms with Gasteiger partial charge in [-0.25, -0.2) is 9.59 Å². The van der Waals surface area contributed by atoms with E-state index in [1.54, 1.807) is 47.4 Å². The molecule has 0 bridgehead atoms. The van der Waals surface area contributed by atoms with Crippen LogP contribution in [0.15, 0.2) is 72.8 Å². The molecule has 246 valence electrons. The molecule has 47 heavy (non-hydrogen) atoms. The number of benzene rings is 3. The molecule has 0 aliphatic carbocycles. The summed E-state index contributed by atoms with van der Waals surface area (Å²) < 4.78 is 11.2. The first kappa shape index (κ1) is 32.3. The highest BCUT2D eigenvalue weighted by atomic mass is 35.5. The Morgan fingerprint density at radius 1 is 1.02 bits per heavy atom. The summed E-state index contributed by atoms with van der Waals surface area (Å²) in [6, 6.07) is 19.9.